The van der Waals surface area contributed by atoms with E-state index in [1.54, 1.807) is 24.3 Å². The Bertz CT molecular complexity index is 1910. The van der Waals surface area contributed by atoms with E-state index in [0.717, 1.165) is 29.2 Å². The Balaban J connectivity index is 1.41. The van der Waals surface area contributed by atoms with Crippen molar-refractivity contribution in [3.63, 3.8) is 0 Å². The number of amides is 1. The summed E-state index contributed by atoms with van der Waals surface area (Å²) in [7, 11) is 4.19. The number of carbonyl (C=O) groups excluding carboxylic acids is 2. The van der Waals surface area contributed by atoms with Crippen molar-refractivity contribution in [1.82, 2.24) is 4.90 Å². The van der Waals surface area contributed by atoms with E-state index in [-0.39, 0.29) is 29.2 Å². The monoisotopic (exact) mass is 528 g/mol. The number of benzene rings is 4. The first-order chi connectivity index (χ1) is 19.3. The van der Waals surface area contributed by atoms with E-state index < -0.39 is 0 Å². The molecule has 1 amide bonds. The van der Waals surface area contributed by atoms with Gasteiger partial charge in [0.15, 0.2) is 5.78 Å². The van der Waals surface area contributed by atoms with Gasteiger partial charge in [0.1, 0.15) is 5.75 Å². The molecule has 0 radical (unpaired) electrons. The van der Waals surface area contributed by atoms with Gasteiger partial charge in [0, 0.05) is 16.7 Å². The zero-order valence-electron chi connectivity index (χ0n) is 23.0. The summed E-state index contributed by atoms with van der Waals surface area (Å²) in [6.07, 6.45) is 4.81. The van der Waals surface area contributed by atoms with Gasteiger partial charge in [0.05, 0.1) is 11.7 Å². The normalized spacial score (nSPS) is 15.5. The molecule has 0 saturated carbocycles. The summed E-state index contributed by atoms with van der Waals surface area (Å²) in [6.45, 7) is 1.87. The molecule has 2 aliphatic rings. The molecule has 2 aliphatic carbocycles. The number of aryl methyl sites for hydroxylation is 1. The Morgan fingerprint density at radius 2 is 1.62 bits per heavy atom. The van der Waals surface area contributed by atoms with Crippen LogP contribution in [-0.2, 0) is 6.42 Å². The maximum Gasteiger partial charge on any atom is 0.256 e. The number of aromatic hydroxyl groups is 1. The van der Waals surface area contributed by atoms with Gasteiger partial charge in [-0.15, -0.1) is 0 Å². The van der Waals surface area contributed by atoms with Crippen molar-refractivity contribution >= 4 is 29.0 Å². The minimum Gasteiger partial charge on any atom is -0.506 e. The summed E-state index contributed by atoms with van der Waals surface area (Å²) in [5.41, 5.74) is 5.36. The van der Waals surface area contributed by atoms with Gasteiger partial charge in [-0.2, -0.15) is 0 Å². The second-order valence-corrected chi connectivity index (χ2v) is 10.9. The lowest BCUT2D eigenvalue weighted by Crippen LogP contribution is -2.31. The minimum absolute atomic E-state index is 0.0884. The zero-order valence-corrected chi connectivity index (χ0v) is 23.0. The Hall–Kier alpha value is -4.48. The predicted octanol–water partition coefficient (Wildman–Crippen LogP) is 5.01. The standard InChI is InChI=1S/C35H32N2O3/c1-21-9-4-6-11-24(21)35(40)36-30-18-15-23(20-32(30)38)34(39)29-14-8-13-27-26(29)16-17-28-25-12-7-5-10-22(25)19-31(33(27)28)37(2)3/h4-7,9-12,15-20,31,38H,8,13-14H2,1-3H3,(H,36,40). The molecule has 0 aliphatic heterocycles. The van der Waals surface area contributed by atoms with E-state index in [9.17, 15) is 14.7 Å². The van der Waals surface area contributed by atoms with Crippen LogP contribution in [0.3, 0.4) is 0 Å². The van der Waals surface area contributed by atoms with Gasteiger partial charge in [-0.1, -0.05) is 60.7 Å². The van der Waals surface area contributed by atoms with Crippen LogP contribution in [0, 0.1) is 17.4 Å². The SMILES string of the molecule is Cc1ccccc1C(=O)Nc1ccc(C(=O)C2=c3ccc4c(c3CCC2)C(N(C)C)C=c2ccccc2=4)cc1O. The zero-order chi connectivity index (χ0) is 28.0. The first-order valence-electron chi connectivity index (χ1n) is 13.7. The van der Waals surface area contributed by atoms with Crippen LogP contribution in [0.25, 0.3) is 11.6 Å². The molecule has 6 rings (SSSR count). The molecule has 1 unspecified atom stereocenters. The first kappa shape index (κ1) is 25.8. The van der Waals surface area contributed by atoms with Crippen LogP contribution in [0.5, 0.6) is 5.75 Å². The maximum atomic E-state index is 13.8. The van der Waals surface area contributed by atoms with Crippen molar-refractivity contribution in [1.29, 1.82) is 0 Å². The highest BCUT2D eigenvalue weighted by Crippen LogP contribution is 2.31. The summed E-state index contributed by atoms with van der Waals surface area (Å²) in [5, 5.41) is 18.2. The smallest absolute Gasteiger partial charge is 0.256 e. The second-order valence-electron chi connectivity index (χ2n) is 10.9. The number of nitrogens with one attached hydrogen (secondary N) is 1. The molecule has 0 bridgehead atoms. The van der Waals surface area contributed by atoms with Gasteiger partial charge in [0.25, 0.3) is 5.91 Å². The molecule has 4 aromatic rings. The number of rotatable bonds is 5. The summed E-state index contributed by atoms with van der Waals surface area (Å²) in [4.78, 5) is 28.8. The molecule has 0 saturated heterocycles. The molecule has 0 heterocycles. The lowest BCUT2D eigenvalue weighted by molar-refractivity contribution is 0.102. The van der Waals surface area contributed by atoms with Crippen molar-refractivity contribution in [3.8, 4) is 5.75 Å². The Morgan fingerprint density at radius 3 is 2.40 bits per heavy atom. The molecule has 0 aromatic heterocycles. The van der Waals surface area contributed by atoms with E-state index in [0.29, 0.717) is 17.5 Å². The molecular formula is C35H32N2O3. The number of anilines is 1. The number of hydrogen-bond acceptors (Lipinski definition) is 4. The fraction of sp³-hybridized carbons (Fsp3) is 0.200. The Labute approximate surface area is 233 Å². The van der Waals surface area contributed by atoms with Crippen LogP contribution in [0.1, 0.15) is 56.3 Å². The predicted molar refractivity (Wildman–Crippen MR) is 159 cm³/mol. The molecule has 1 atom stereocenters. The summed E-state index contributed by atoms with van der Waals surface area (Å²) >= 11 is 0. The Morgan fingerprint density at radius 1 is 0.875 bits per heavy atom. The summed E-state index contributed by atoms with van der Waals surface area (Å²) in [5.74, 6) is -0.523. The summed E-state index contributed by atoms with van der Waals surface area (Å²) in [6, 6.07) is 24.9. The largest absolute Gasteiger partial charge is 0.506 e. The molecule has 0 spiro atoms. The molecule has 4 aromatic carbocycles. The van der Waals surface area contributed by atoms with Crippen molar-refractivity contribution < 1.29 is 14.7 Å². The van der Waals surface area contributed by atoms with Crippen LogP contribution < -0.4 is 15.8 Å². The van der Waals surface area contributed by atoms with E-state index in [2.05, 4.69) is 66.8 Å². The highest BCUT2D eigenvalue weighted by Gasteiger charge is 2.26. The van der Waals surface area contributed by atoms with Crippen LogP contribution in [0.15, 0.2) is 78.9 Å². The average Bonchev–Trinajstić information content (AvgIpc) is 2.96. The molecule has 200 valence electrons. The molecule has 5 nitrogen and oxygen atoms in total. The quantitative estimate of drug-likeness (QED) is 0.282. The van der Waals surface area contributed by atoms with Crippen LogP contribution >= 0.6 is 0 Å². The van der Waals surface area contributed by atoms with Crippen molar-refractivity contribution in [2.24, 2.45) is 0 Å². The van der Waals surface area contributed by atoms with Crippen LogP contribution in [-0.4, -0.2) is 35.8 Å². The lowest BCUT2D eigenvalue weighted by Gasteiger charge is -2.29. The first-order valence-corrected chi connectivity index (χ1v) is 13.7. The number of phenols is 1. The lowest BCUT2D eigenvalue weighted by atomic mass is 9.82. The van der Waals surface area contributed by atoms with E-state index in [1.807, 2.05) is 19.1 Å². The van der Waals surface area contributed by atoms with Crippen LogP contribution in [0.2, 0.25) is 0 Å². The van der Waals surface area contributed by atoms with Gasteiger partial charge in [0.2, 0.25) is 0 Å². The van der Waals surface area contributed by atoms with Crippen molar-refractivity contribution in [3.05, 3.63) is 128 Å². The molecule has 0 fully saturated rings. The van der Waals surface area contributed by atoms with Crippen molar-refractivity contribution in [2.45, 2.75) is 32.2 Å². The molecule has 2 N–H and O–H groups in total. The van der Waals surface area contributed by atoms with E-state index >= 15 is 0 Å². The van der Waals surface area contributed by atoms with Gasteiger partial charge in [-0.25, -0.2) is 0 Å². The maximum absolute atomic E-state index is 13.8. The van der Waals surface area contributed by atoms with Gasteiger partial charge >= 0.3 is 0 Å². The minimum atomic E-state index is -0.304. The molecular weight excluding hydrogens is 496 g/mol. The number of Topliss-reactive ketones (excluding diaryl/α,β-unsaturated/α-hetero) is 1. The second kappa shape index (κ2) is 10.2. The fourth-order valence-corrected chi connectivity index (χ4v) is 6.12. The number of nitrogens with zero attached hydrogens (tertiary/aromatic N) is 1. The number of carbonyl (C=O) groups is 2. The van der Waals surface area contributed by atoms with Crippen LogP contribution in [0.4, 0.5) is 5.69 Å². The third-order valence-corrected chi connectivity index (χ3v) is 8.15. The molecule has 40 heavy (non-hydrogen) atoms. The number of hydrogen-bond donors (Lipinski definition) is 2. The molecule has 5 heteroatoms. The van der Waals surface area contributed by atoms with Gasteiger partial charge in [-0.05, 0) is 102 Å². The summed E-state index contributed by atoms with van der Waals surface area (Å²) < 4.78 is 0. The highest BCUT2D eigenvalue weighted by molar-refractivity contribution is 6.24. The number of ketones is 1. The topological polar surface area (TPSA) is 69.6 Å². The number of fused-ring (bicyclic) bond motifs is 4. The average molecular weight is 529 g/mol. The third kappa shape index (κ3) is 4.42. The van der Waals surface area contributed by atoms with Crippen molar-refractivity contribution in [2.75, 3.05) is 19.4 Å². The van der Waals surface area contributed by atoms with Gasteiger partial charge < -0.3 is 10.4 Å². The van der Waals surface area contributed by atoms with E-state index in [1.165, 1.54) is 32.8 Å². The number of phenolic OH excluding ortho intramolecular Hbond substituents is 1. The highest BCUT2D eigenvalue weighted by atomic mass is 16.3. The van der Waals surface area contributed by atoms with Gasteiger partial charge in [-0.3, -0.25) is 14.5 Å². The Kier molecular flexibility index (Phi) is 6.60. The van der Waals surface area contributed by atoms with E-state index in [4.69, 9.17) is 0 Å². The fourth-order valence-electron chi connectivity index (χ4n) is 6.12. The third-order valence-electron chi connectivity index (χ3n) is 8.15.